The third kappa shape index (κ3) is 4.74. The largest absolute Gasteiger partial charge is 0.458 e. The van der Waals surface area contributed by atoms with Gasteiger partial charge in [0.05, 0.1) is 34.9 Å². The minimum absolute atomic E-state index is 0.0468. The maximum Gasteiger partial charge on any atom is 0.343 e. The van der Waals surface area contributed by atoms with E-state index in [0.717, 1.165) is 16.5 Å². The van der Waals surface area contributed by atoms with Crippen LogP contribution in [0, 0.1) is 5.92 Å². The Morgan fingerprint density at radius 2 is 1.91 bits per heavy atom. The molecule has 8 nitrogen and oxygen atoms in total. The molecule has 4 heterocycles. The van der Waals surface area contributed by atoms with Gasteiger partial charge in [-0.15, -0.1) is 0 Å². The van der Waals surface area contributed by atoms with Crippen molar-refractivity contribution in [1.82, 2.24) is 9.55 Å². The summed E-state index contributed by atoms with van der Waals surface area (Å²) in [5.41, 5.74) is 2.87. The van der Waals surface area contributed by atoms with Crippen LogP contribution in [0.1, 0.15) is 88.4 Å². The van der Waals surface area contributed by atoms with Gasteiger partial charge in [-0.3, -0.25) is 9.59 Å². The fraction of sp³-hybridized carbons (Fsp3) is 0.371. The molecule has 1 N–H and O–H groups in total. The highest BCUT2D eigenvalue weighted by molar-refractivity contribution is 5.90. The number of cyclic esters (lactones) is 1. The van der Waals surface area contributed by atoms with Gasteiger partial charge in [0.15, 0.2) is 5.60 Å². The number of nitrogens with zero attached hydrogens (tertiary/aromatic N) is 2. The Kier molecular flexibility index (Phi) is 5.57. The maximum absolute atomic E-state index is 13.6. The van der Waals surface area contributed by atoms with E-state index in [1.54, 1.807) is 66.9 Å². The molecule has 222 valence electrons. The van der Waals surface area contributed by atoms with Gasteiger partial charge in [0.25, 0.3) is 5.56 Å². The van der Waals surface area contributed by atoms with Crippen molar-refractivity contribution < 1.29 is 32.4 Å². The van der Waals surface area contributed by atoms with Gasteiger partial charge in [-0.05, 0) is 73.1 Å². The molecule has 0 unspecified atom stereocenters. The lowest BCUT2D eigenvalue weighted by atomic mass is 9.86. The molecule has 0 bridgehead atoms. The molecule has 2 atom stereocenters. The van der Waals surface area contributed by atoms with Crippen LogP contribution < -0.4 is 10.3 Å². The zero-order chi connectivity index (χ0) is 35.6. The van der Waals surface area contributed by atoms with E-state index in [2.05, 4.69) is 0 Å². The lowest BCUT2D eigenvalue weighted by molar-refractivity contribution is -0.172. The van der Waals surface area contributed by atoms with Crippen LogP contribution in [0.25, 0.3) is 22.3 Å². The molecule has 0 saturated carbocycles. The fourth-order valence-electron chi connectivity index (χ4n) is 6.13. The molecular weight excluding hydrogens is 544 g/mol. The molecule has 0 spiro atoms. The van der Waals surface area contributed by atoms with E-state index in [1.165, 1.54) is 0 Å². The Morgan fingerprint density at radius 3 is 2.60 bits per heavy atom. The van der Waals surface area contributed by atoms with E-state index in [9.17, 15) is 19.5 Å². The molecule has 0 radical (unpaired) electrons. The quantitative estimate of drug-likeness (QED) is 0.197. The highest BCUT2D eigenvalue weighted by Crippen LogP contribution is 2.41. The molecule has 0 fully saturated rings. The second-order valence-electron chi connectivity index (χ2n) is 11.2. The smallest absolute Gasteiger partial charge is 0.343 e. The van der Waals surface area contributed by atoms with E-state index in [1.807, 2.05) is 6.92 Å². The first-order valence-corrected chi connectivity index (χ1v) is 14.4. The topological polar surface area (TPSA) is 108 Å². The standard InChI is InChI=1S/C35H36N2O6/c1-6-24-25-15-23(43-33(39)20(5)22-10-8-21(9-11-22)14-19(3)4)12-13-29(25)36-31-26(24)17-37-30(31)16-28-27(32(37)38)18-42-34(40)35(28,41)7-2/h8-13,15-16,19-20,41H,6-7,14,17-18H2,1-5H3/t20-,35-/m0/s1/i3D3,4D3. The first-order valence-electron chi connectivity index (χ1n) is 17.4. The Balaban J connectivity index is 1.26. The van der Waals surface area contributed by atoms with Crippen molar-refractivity contribution in [2.75, 3.05) is 0 Å². The molecule has 0 saturated heterocycles. The molecule has 6 rings (SSSR count). The van der Waals surface area contributed by atoms with Gasteiger partial charge in [-0.1, -0.05) is 51.8 Å². The minimum Gasteiger partial charge on any atom is -0.458 e. The normalized spacial score (nSPS) is 20.4. The zero-order valence-corrected chi connectivity index (χ0v) is 24.2. The summed E-state index contributed by atoms with van der Waals surface area (Å²) >= 11 is 0. The summed E-state index contributed by atoms with van der Waals surface area (Å²) in [6, 6.07) is 13.4. The predicted octanol–water partition coefficient (Wildman–Crippen LogP) is 5.55. The second kappa shape index (κ2) is 10.8. The molecule has 2 aliphatic rings. The van der Waals surface area contributed by atoms with Crippen molar-refractivity contribution >= 4 is 22.8 Å². The molecule has 8 heteroatoms. The number of carbonyl (C=O) groups excluding carboxylic acids is 2. The SMILES string of the molecule is [2H]C([2H])([2H])C(Cc1ccc([C@H](C)C(=O)Oc2ccc3nc4c(c(CC)c3c2)Cn2c-4cc3c(c2=O)COC(=O)[C@]3(O)CC)cc1)C([2H])([2H])[2H]. The Morgan fingerprint density at radius 1 is 1.14 bits per heavy atom. The average Bonchev–Trinajstić information content (AvgIpc) is 3.41. The van der Waals surface area contributed by atoms with Gasteiger partial charge >= 0.3 is 11.9 Å². The monoisotopic (exact) mass is 586 g/mol. The van der Waals surface area contributed by atoms with Crippen molar-refractivity contribution in [3.05, 3.63) is 92.3 Å². The van der Waals surface area contributed by atoms with Crippen molar-refractivity contribution in [3.63, 3.8) is 0 Å². The van der Waals surface area contributed by atoms with Crippen molar-refractivity contribution in [3.8, 4) is 17.1 Å². The number of hydrogen-bond donors (Lipinski definition) is 1. The summed E-state index contributed by atoms with van der Waals surface area (Å²) in [5.74, 6) is -3.19. The van der Waals surface area contributed by atoms with Gasteiger partial charge in [0.2, 0.25) is 0 Å². The Hall–Kier alpha value is -4.30. The molecule has 43 heavy (non-hydrogen) atoms. The number of esters is 2. The number of aliphatic hydroxyl groups is 1. The number of carbonyl (C=O) groups is 2. The molecule has 0 amide bonds. The number of hydrogen-bond acceptors (Lipinski definition) is 7. The van der Waals surface area contributed by atoms with E-state index in [0.29, 0.717) is 40.2 Å². The number of ether oxygens (including phenoxy) is 2. The summed E-state index contributed by atoms with van der Waals surface area (Å²) in [6.45, 7) is 0.0679. The van der Waals surface area contributed by atoms with Crippen LogP contribution in [0.15, 0.2) is 53.3 Å². The van der Waals surface area contributed by atoms with E-state index >= 15 is 0 Å². The first kappa shape index (κ1) is 22.3. The number of aryl methyl sites for hydroxylation is 1. The summed E-state index contributed by atoms with van der Waals surface area (Å²) in [5, 5.41) is 11.9. The van der Waals surface area contributed by atoms with Gasteiger partial charge in [-0.2, -0.15) is 0 Å². The second-order valence-corrected chi connectivity index (χ2v) is 11.2. The van der Waals surface area contributed by atoms with E-state index < -0.39 is 43.1 Å². The molecule has 2 aromatic carbocycles. The third-order valence-electron chi connectivity index (χ3n) is 8.62. The van der Waals surface area contributed by atoms with Crippen LogP contribution in [0.4, 0.5) is 0 Å². The van der Waals surface area contributed by atoms with Crippen molar-refractivity contribution in [2.45, 2.75) is 78.4 Å². The highest BCUT2D eigenvalue weighted by Gasteiger charge is 2.45. The predicted molar refractivity (Wildman–Crippen MR) is 163 cm³/mol. The lowest BCUT2D eigenvalue weighted by Gasteiger charge is -2.31. The number of fused-ring (bicyclic) bond motifs is 5. The van der Waals surface area contributed by atoms with Crippen LogP contribution in [0.3, 0.4) is 0 Å². The van der Waals surface area contributed by atoms with Crippen molar-refractivity contribution in [1.29, 1.82) is 0 Å². The molecule has 4 aromatic rings. The summed E-state index contributed by atoms with van der Waals surface area (Å²) in [7, 11) is 0. The first-order chi connectivity index (χ1) is 23.0. The number of aromatic nitrogens is 2. The number of rotatable bonds is 7. The van der Waals surface area contributed by atoms with Crippen LogP contribution in [-0.2, 0) is 45.9 Å². The molecular formula is C35H36N2O6. The molecule has 0 aliphatic carbocycles. The van der Waals surface area contributed by atoms with Gasteiger partial charge < -0.3 is 19.1 Å². The van der Waals surface area contributed by atoms with Crippen LogP contribution in [-0.4, -0.2) is 26.6 Å². The van der Waals surface area contributed by atoms with Gasteiger partial charge in [-0.25, -0.2) is 9.78 Å². The van der Waals surface area contributed by atoms with E-state index in [4.69, 9.17) is 22.7 Å². The maximum atomic E-state index is 13.6. The van der Waals surface area contributed by atoms with Crippen molar-refractivity contribution in [2.24, 2.45) is 5.92 Å². The minimum atomic E-state index is -2.64. The van der Waals surface area contributed by atoms with Crippen LogP contribution in [0.5, 0.6) is 5.75 Å². The number of benzene rings is 2. The number of pyridine rings is 2. The Bertz CT molecular complexity index is 2040. The lowest BCUT2D eigenvalue weighted by Crippen LogP contribution is -2.44. The van der Waals surface area contributed by atoms with Crippen LogP contribution in [0.2, 0.25) is 0 Å². The van der Waals surface area contributed by atoms with Gasteiger partial charge in [0, 0.05) is 24.7 Å². The van der Waals surface area contributed by atoms with E-state index in [-0.39, 0.29) is 42.7 Å². The van der Waals surface area contributed by atoms with Crippen LogP contribution >= 0.6 is 0 Å². The summed E-state index contributed by atoms with van der Waals surface area (Å²) in [6.07, 6.45) is 0.484. The average molecular weight is 587 g/mol. The summed E-state index contributed by atoms with van der Waals surface area (Å²) < 4.78 is 58.4. The van der Waals surface area contributed by atoms with Gasteiger partial charge in [0.1, 0.15) is 12.4 Å². The summed E-state index contributed by atoms with van der Waals surface area (Å²) in [4.78, 5) is 44.3. The Labute approximate surface area is 258 Å². The molecule has 2 aromatic heterocycles. The highest BCUT2D eigenvalue weighted by atomic mass is 16.6. The third-order valence-corrected chi connectivity index (χ3v) is 8.62. The fourth-order valence-corrected chi connectivity index (χ4v) is 6.13. The molecule has 2 aliphatic heterocycles. The zero-order valence-electron chi connectivity index (χ0n) is 30.2.